The van der Waals surface area contributed by atoms with E-state index in [-0.39, 0.29) is 22.3 Å². The number of carbonyl (C=O) groups is 1. The number of aromatic nitrogens is 2. The van der Waals surface area contributed by atoms with Crippen LogP contribution in [0.25, 0.3) is 0 Å². The van der Waals surface area contributed by atoms with Gasteiger partial charge in [-0.2, -0.15) is 5.10 Å². The van der Waals surface area contributed by atoms with Crippen molar-refractivity contribution >= 4 is 21.7 Å². The lowest BCUT2D eigenvalue weighted by molar-refractivity contribution is 0.0940. The van der Waals surface area contributed by atoms with Gasteiger partial charge in [0, 0.05) is 14.1 Å². The van der Waals surface area contributed by atoms with E-state index in [4.69, 9.17) is 4.74 Å². The summed E-state index contributed by atoms with van der Waals surface area (Å²) in [5, 5.41) is 7.02. The lowest BCUT2D eigenvalue weighted by Crippen LogP contribution is -2.32. The maximum absolute atomic E-state index is 13.1. The normalized spacial score (nSPS) is 12.3. The molecule has 8 nitrogen and oxygen atoms in total. The summed E-state index contributed by atoms with van der Waals surface area (Å²) >= 11 is 0. The number of ether oxygens (including phenoxy) is 1. The minimum Gasteiger partial charge on any atom is -0.497 e. The van der Waals surface area contributed by atoms with Crippen LogP contribution in [-0.4, -0.2) is 38.3 Å². The third-order valence-electron chi connectivity index (χ3n) is 5.09. The molecule has 2 aromatic carbocycles. The molecule has 31 heavy (non-hydrogen) atoms. The second-order valence-corrected chi connectivity index (χ2v) is 9.23. The number of nitrogens with zero attached hydrogens (tertiary/aromatic N) is 3. The number of sulfonamides is 1. The van der Waals surface area contributed by atoms with Crippen LogP contribution in [0.5, 0.6) is 5.75 Å². The molecule has 0 aliphatic heterocycles. The highest BCUT2D eigenvalue weighted by atomic mass is 32.2. The maximum atomic E-state index is 13.1. The van der Waals surface area contributed by atoms with Gasteiger partial charge in [-0.1, -0.05) is 29.8 Å². The van der Waals surface area contributed by atoms with E-state index in [1.54, 1.807) is 38.4 Å². The molecule has 3 aromatic rings. The summed E-state index contributed by atoms with van der Waals surface area (Å²) in [6.45, 7) is 3.73. The van der Waals surface area contributed by atoms with Crippen LogP contribution >= 0.6 is 0 Å². The zero-order chi connectivity index (χ0) is 22.8. The molecule has 0 aliphatic rings. The molecule has 1 amide bonds. The third-order valence-corrected chi connectivity index (χ3v) is 6.86. The van der Waals surface area contributed by atoms with E-state index in [2.05, 4.69) is 10.4 Å². The fraction of sp³-hybridized carbons (Fsp3) is 0.273. The topological polar surface area (TPSA) is 93.5 Å². The summed E-state index contributed by atoms with van der Waals surface area (Å²) in [5.74, 6) is 0.483. The second kappa shape index (κ2) is 8.81. The van der Waals surface area contributed by atoms with Crippen molar-refractivity contribution in [3.05, 3.63) is 71.4 Å². The Kier molecular flexibility index (Phi) is 6.35. The standard InChI is InChI=1S/C22H26N4O4S/c1-15-6-12-19(13-7-15)31(28,29)26(4)22-20(14-23-25(22)3)21(27)24-16(2)17-8-10-18(30-5)11-9-17/h6-14,16H,1-5H3,(H,24,27). The van der Waals surface area contributed by atoms with Crippen LogP contribution in [-0.2, 0) is 17.1 Å². The van der Waals surface area contributed by atoms with Crippen LogP contribution in [0.1, 0.15) is 34.5 Å². The van der Waals surface area contributed by atoms with E-state index in [0.717, 1.165) is 21.2 Å². The first-order valence-electron chi connectivity index (χ1n) is 9.67. The lowest BCUT2D eigenvalue weighted by atomic mass is 10.1. The van der Waals surface area contributed by atoms with Gasteiger partial charge in [0.2, 0.25) is 0 Å². The molecule has 3 rings (SSSR count). The Morgan fingerprint density at radius 1 is 1.13 bits per heavy atom. The fourth-order valence-corrected chi connectivity index (χ4v) is 4.44. The van der Waals surface area contributed by atoms with Crippen molar-refractivity contribution in [2.24, 2.45) is 7.05 Å². The quantitative estimate of drug-likeness (QED) is 0.607. The van der Waals surface area contributed by atoms with Crippen molar-refractivity contribution in [2.45, 2.75) is 24.8 Å². The summed E-state index contributed by atoms with van der Waals surface area (Å²) < 4.78 is 33.8. The van der Waals surface area contributed by atoms with Gasteiger partial charge in [0.25, 0.3) is 15.9 Å². The number of benzene rings is 2. The molecule has 0 saturated heterocycles. The Hall–Kier alpha value is -3.33. The summed E-state index contributed by atoms with van der Waals surface area (Å²) in [4.78, 5) is 13.1. The molecule has 0 radical (unpaired) electrons. The molecule has 164 valence electrons. The predicted octanol–water partition coefficient (Wildman–Crippen LogP) is 3.05. The van der Waals surface area contributed by atoms with Gasteiger partial charge in [0.1, 0.15) is 11.3 Å². The molecular formula is C22H26N4O4S. The molecule has 0 fully saturated rings. The number of rotatable bonds is 7. The van der Waals surface area contributed by atoms with E-state index in [9.17, 15) is 13.2 Å². The monoisotopic (exact) mass is 442 g/mol. The van der Waals surface area contributed by atoms with Gasteiger partial charge in [-0.25, -0.2) is 8.42 Å². The van der Waals surface area contributed by atoms with Crippen molar-refractivity contribution < 1.29 is 17.9 Å². The predicted molar refractivity (Wildman–Crippen MR) is 119 cm³/mol. The number of hydrogen-bond donors (Lipinski definition) is 1. The van der Waals surface area contributed by atoms with Crippen LogP contribution in [0, 0.1) is 6.92 Å². The van der Waals surface area contributed by atoms with Gasteiger partial charge in [0.15, 0.2) is 5.82 Å². The van der Waals surface area contributed by atoms with Gasteiger partial charge >= 0.3 is 0 Å². The van der Waals surface area contributed by atoms with Crippen LogP contribution in [0.4, 0.5) is 5.82 Å². The van der Waals surface area contributed by atoms with Crippen molar-refractivity contribution in [1.82, 2.24) is 15.1 Å². The molecule has 0 spiro atoms. The number of carbonyl (C=O) groups excluding carboxylic acids is 1. The Morgan fingerprint density at radius 3 is 2.32 bits per heavy atom. The molecule has 1 N–H and O–H groups in total. The van der Waals surface area contributed by atoms with E-state index < -0.39 is 15.9 Å². The smallest absolute Gasteiger partial charge is 0.265 e. The van der Waals surface area contributed by atoms with Crippen molar-refractivity contribution in [1.29, 1.82) is 0 Å². The number of aryl methyl sites for hydroxylation is 2. The summed E-state index contributed by atoms with van der Waals surface area (Å²) in [5.41, 5.74) is 2.01. The lowest BCUT2D eigenvalue weighted by Gasteiger charge is -2.21. The maximum Gasteiger partial charge on any atom is 0.265 e. The minimum atomic E-state index is -3.87. The molecule has 1 aromatic heterocycles. The summed E-state index contributed by atoms with van der Waals surface area (Å²) in [6, 6.07) is 13.6. The molecule has 0 bridgehead atoms. The van der Waals surface area contributed by atoms with Crippen molar-refractivity contribution in [3.8, 4) is 5.75 Å². The largest absolute Gasteiger partial charge is 0.497 e. The molecule has 1 heterocycles. The van der Waals surface area contributed by atoms with Gasteiger partial charge in [-0.3, -0.25) is 13.8 Å². The molecule has 1 atom stereocenters. The first-order valence-corrected chi connectivity index (χ1v) is 11.1. The van der Waals surface area contributed by atoms with Gasteiger partial charge < -0.3 is 10.1 Å². The Labute approximate surface area is 182 Å². The molecule has 1 unspecified atom stereocenters. The van der Waals surface area contributed by atoms with Gasteiger partial charge in [0.05, 0.1) is 24.2 Å². The van der Waals surface area contributed by atoms with Gasteiger partial charge in [-0.05, 0) is 43.7 Å². The molecule has 9 heteroatoms. The molecule has 0 aliphatic carbocycles. The summed E-state index contributed by atoms with van der Waals surface area (Å²) in [7, 11) is 0.732. The second-order valence-electron chi connectivity index (χ2n) is 7.26. The average molecular weight is 443 g/mol. The Morgan fingerprint density at radius 2 is 1.74 bits per heavy atom. The van der Waals surface area contributed by atoms with E-state index in [0.29, 0.717) is 0 Å². The third kappa shape index (κ3) is 4.56. The average Bonchev–Trinajstić information content (AvgIpc) is 3.14. The fourth-order valence-electron chi connectivity index (χ4n) is 3.20. The van der Waals surface area contributed by atoms with E-state index in [1.165, 1.54) is 17.9 Å². The number of hydrogen-bond acceptors (Lipinski definition) is 5. The highest BCUT2D eigenvalue weighted by Gasteiger charge is 2.29. The zero-order valence-corrected chi connectivity index (χ0v) is 19.0. The van der Waals surface area contributed by atoms with E-state index in [1.807, 2.05) is 38.1 Å². The number of anilines is 1. The first-order chi connectivity index (χ1) is 14.6. The number of amides is 1. The van der Waals surface area contributed by atoms with Crippen molar-refractivity contribution in [3.63, 3.8) is 0 Å². The highest BCUT2D eigenvalue weighted by Crippen LogP contribution is 2.26. The van der Waals surface area contributed by atoms with Crippen LogP contribution in [0.2, 0.25) is 0 Å². The Balaban J connectivity index is 1.87. The van der Waals surface area contributed by atoms with Crippen LogP contribution in [0.15, 0.2) is 59.6 Å². The highest BCUT2D eigenvalue weighted by molar-refractivity contribution is 7.92. The molecule has 0 saturated carbocycles. The van der Waals surface area contributed by atoms with Crippen LogP contribution < -0.4 is 14.4 Å². The van der Waals surface area contributed by atoms with Crippen molar-refractivity contribution in [2.75, 3.05) is 18.5 Å². The first kappa shape index (κ1) is 22.4. The van der Waals surface area contributed by atoms with Crippen LogP contribution in [0.3, 0.4) is 0 Å². The number of methoxy groups -OCH3 is 1. The number of nitrogens with one attached hydrogen (secondary N) is 1. The minimum absolute atomic E-state index is 0.139. The van der Waals surface area contributed by atoms with E-state index >= 15 is 0 Å². The van der Waals surface area contributed by atoms with Gasteiger partial charge in [-0.15, -0.1) is 0 Å². The zero-order valence-electron chi connectivity index (χ0n) is 18.2. The summed E-state index contributed by atoms with van der Waals surface area (Å²) in [6.07, 6.45) is 1.37. The SMILES string of the molecule is COc1ccc(C(C)NC(=O)c2cnn(C)c2N(C)S(=O)(=O)c2ccc(C)cc2)cc1. The molecular weight excluding hydrogens is 416 g/mol. The Bertz CT molecular complexity index is 1170.